The van der Waals surface area contributed by atoms with Crippen molar-refractivity contribution in [2.75, 3.05) is 19.6 Å². The van der Waals surface area contributed by atoms with Gasteiger partial charge in [0.25, 0.3) is 0 Å². The molecule has 1 rings (SSSR count). The highest BCUT2D eigenvalue weighted by molar-refractivity contribution is 5.69. The van der Waals surface area contributed by atoms with Crippen LogP contribution in [0.25, 0.3) is 0 Å². The van der Waals surface area contributed by atoms with Crippen LogP contribution in [0.15, 0.2) is 0 Å². The summed E-state index contributed by atoms with van der Waals surface area (Å²) in [6, 6.07) is 0.362. The molecule has 1 amide bonds. The monoisotopic (exact) mass is 224 g/mol. The van der Waals surface area contributed by atoms with Crippen LogP contribution >= 0.6 is 0 Å². The van der Waals surface area contributed by atoms with Crippen LogP contribution in [0.2, 0.25) is 0 Å². The van der Waals surface area contributed by atoms with Gasteiger partial charge in [0.05, 0.1) is 0 Å². The van der Waals surface area contributed by atoms with Gasteiger partial charge in [-0.25, -0.2) is 4.79 Å². The van der Waals surface area contributed by atoms with Crippen molar-refractivity contribution in [1.29, 1.82) is 0 Å². The van der Waals surface area contributed by atoms with Crippen LogP contribution in [0.4, 0.5) is 4.79 Å². The second kappa shape index (κ2) is 5.22. The Hall–Kier alpha value is -1.21. The second-order valence-electron chi connectivity index (χ2n) is 4.99. The summed E-state index contributed by atoms with van der Waals surface area (Å²) in [4.78, 5) is 13.3. The van der Waals surface area contributed by atoms with E-state index in [1.165, 1.54) is 0 Å². The molecule has 0 atom stereocenters. The number of carbonyl (C=O) groups excluding carboxylic acids is 1. The fourth-order valence-electron chi connectivity index (χ4n) is 1.43. The Morgan fingerprint density at radius 3 is 2.69 bits per heavy atom. The zero-order chi connectivity index (χ0) is 12.2. The first-order chi connectivity index (χ1) is 7.42. The van der Waals surface area contributed by atoms with Crippen molar-refractivity contribution in [3.8, 4) is 12.3 Å². The van der Waals surface area contributed by atoms with Crippen molar-refractivity contribution in [1.82, 2.24) is 10.2 Å². The maximum atomic E-state index is 11.6. The zero-order valence-electron chi connectivity index (χ0n) is 10.2. The molecule has 0 aliphatic carbocycles. The van der Waals surface area contributed by atoms with Crippen molar-refractivity contribution in [2.45, 2.75) is 38.8 Å². The standard InChI is InChI=1S/C12H20N2O2/c1-5-6-7-13-10-8-14(9-10)11(15)16-12(2,3)4/h1,10,13H,6-9H2,2-4H3. The maximum Gasteiger partial charge on any atom is 0.410 e. The number of nitrogens with zero attached hydrogens (tertiary/aromatic N) is 1. The molecule has 0 saturated carbocycles. The van der Waals surface area contributed by atoms with Crippen LogP contribution in [0.1, 0.15) is 27.2 Å². The van der Waals surface area contributed by atoms with Gasteiger partial charge in [-0.05, 0) is 20.8 Å². The number of amides is 1. The largest absolute Gasteiger partial charge is 0.444 e. The summed E-state index contributed by atoms with van der Waals surface area (Å²) in [5, 5.41) is 3.28. The molecular formula is C12H20N2O2. The smallest absolute Gasteiger partial charge is 0.410 e. The normalized spacial score (nSPS) is 16.5. The summed E-state index contributed by atoms with van der Waals surface area (Å²) in [6.45, 7) is 7.83. The molecule has 4 heteroatoms. The van der Waals surface area contributed by atoms with E-state index in [0.717, 1.165) is 13.0 Å². The molecule has 0 aromatic heterocycles. The molecule has 0 unspecified atom stereocenters. The molecule has 1 aliphatic rings. The minimum absolute atomic E-state index is 0.234. The lowest BCUT2D eigenvalue weighted by atomic mass is 10.1. The van der Waals surface area contributed by atoms with Gasteiger partial charge in [-0.15, -0.1) is 12.3 Å². The molecule has 1 aliphatic heterocycles. The minimum atomic E-state index is -0.418. The summed E-state index contributed by atoms with van der Waals surface area (Å²) in [6.07, 6.45) is 5.64. The van der Waals surface area contributed by atoms with E-state index in [1.807, 2.05) is 20.8 Å². The first kappa shape index (κ1) is 12.9. The van der Waals surface area contributed by atoms with Crippen molar-refractivity contribution in [2.24, 2.45) is 0 Å². The van der Waals surface area contributed by atoms with E-state index in [1.54, 1.807) is 4.90 Å². The van der Waals surface area contributed by atoms with Gasteiger partial charge in [0.2, 0.25) is 0 Å². The molecule has 1 saturated heterocycles. The van der Waals surface area contributed by atoms with E-state index in [2.05, 4.69) is 11.2 Å². The Labute approximate surface area is 97.3 Å². The third-order valence-electron chi connectivity index (χ3n) is 2.24. The average molecular weight is 224 g/mol. The molecule has 1 fully saturated rings. The number of likely N-dealkylation sites (tertiary alicyclic amines) is 1. The SMILES string of the molecule is C#CCCNC1CN(C(=O)OC(C)(C)C)C1. The van der Waals surface area contributed by atoms with Crippen LogP contribution in [0, 0.1) is 12.3 Å². The van der Waals surface area contributed by atoms with Crippen LogP contribution in [0.5, 0.6) is 0 Å². The predicted molar refractivity (Wildman–Crippen MR) is 63.0 cm³/mol. The number of nitrogens with one attached hydrogen (secondary N) is 1. The Kier molecular flexibility index (Phi) is 4.19. The lowest BCUT2D eigenvalue weighted by Crippen LogP contribution is -2.60. The van der Waals surface area contributed by atoms with E-state index < -0.39 is 5.60 Å². The predicted octanol–water partition coefficient (Wildman–Crippen LogP) is 1.22. The van der Waals surface area contributed by atoms with Gasteiger partial charge in [-0.1, -0.05) is 0 Å². The fraction of sp³-hybridized carbons (Fsp3) is 0.750. The van der Waals surface area contributed by atoms with E-state index in [0.29, 0.717) is 19.1 Å². The number of terminal acetylenes is 1. The minimum Gasteiger partial charge on any atom is -0.444 e. The van der Waals surface area contributed by atoms with Crippen molar-refractivity contribution >= 4 is 6.09 Å². The molecule has 90 valence electrons. The van der Waals surface area contributed by atoms with E-state index in [-0.39, 0.29) is 6.09 Å². The van der Waals surface area contributed by atoms with Crippen LogP contribution < -0.4 is 5.32 Å². The van der Waals surface area contributed by atoms with Crippen LogP contribution in [0.3, 0.4) is 0 Å². The molecule has 0 radical (unpaired) electrons. The van der Waals surface area contributed by atoms with Crippen molar-refractivity contribution in [3.63, 3.8) is 0 Å². The number of ether oxygens (including phenoxy) is 1. The number of rotatable bonds is 3. The molecule has 16 heavy (non-hydrogen) atoms. The quantitative estimate of drug-likeness (QED) is 0.579. The lowest BCUT2D eigenvalue weighted by Gasteiger charge is -2.40. The van der Waals surface area contributed by atoms with Gasteiger partial charge in [-0.3, -0.25) is 0 Å². The highest BCUT2D eigenvalue weighted by atomic mass is 16.6. The van der Waals surface area contributed by atoms with Gasteiger partial charge in [0.15, 0.2) is 0 Å². The van der Waals surface area contributed by atoms with Gasteiger partial charge < -0.3 is 15.0 Å². The summed E-state index contributed by atoms with van der Waals surface area (Å²) < 4.78 is 5.24. The average Bonchev–Trinajstić information content (AvgIpc) is 2.05. The van der Waals surface area contributed by atoms with Crippen molar-refractivity contribution in [3.05, 3.63) is 0 Å². The Bertz CT molecular complexity index is 282. The molecule has 0 spiro atoms. The van der Waals surface area contributed by atoms with Gasteiger partial charge >= 0.3 is 6.09 Å². The third kappa shape index (κ3) is 4.11. The molecule has 0 bridgehead atoms. The first-order valence-corrected chi connectivity index (χ1v) is 5.57. The Morgan fingerprint density at radius 2 is 2.19 bits per heavy atom. The molecule has 1 N–H and O–H groups in total. The molecule has 4 nitrogen and oxygen atoms in total. The zero-order valence-corrected chi connectivity index (χ0v) is 10.2. The van der Waals surface area contributed by atoms with Gasteiger partial charge in [-0.2, -0.15) is 0 Å². The van der Waals surface area contributed by atoms with Crippen molar-refractivity contribution < 1.29 is 9.53 Å². The lowest BCUT2D eigenvalue weighted by molar-refractivity contribution is 0.00545. The van der Waals surface area contributed by atoms with Crippen LogP contribution in [-0.4, -0.2) is 42.3 Å². The Morgan fingerprint density at radius 1 is 1.56 bits per heavy atom. The van der Waals surface area contributed by atoms with Gasteiger partial charge in [0.1, 0.15) is 5.60 Å². The molecular weight excluding hydrogens is 204 g/mol. The maximum absolute atomic E-state index is 11.6. The summed E-state index contributed by atoms with van der Waals surface area (Å²) in [7, 11) is 0. The fourth-order valence-corrected chi connectivity index (χ4v) is 1.43. The number of hydrogen-bond donors (Lipinski definition) is 1. The Balaban J connectivity index is 2.16. The highest BCUT2D eigenvalue weighted by Crippen LogP contribution is 2.14. The van der Waals surface area contributed by atoms with Crippen LogP contribution in [-0.2, 0) is 4.74 Å². The van der Waals surface area contributed by atoms with E-state index in [9.17, 15) is 4.79 Å². The third-order valence-corrected chi connectivity index (χ3v) is 2.24. The second-order valence-corrected chi connectivity index (χ2v) is 4.99. The topological polar surface area (TPSA) is 41.6 Å². The number of carbonyl (C=O) groups is 1. The number of hydrogen-bond acceptors (Lipinski definition) is 3. The van der Waals surface area contributed by atoms with E-state index in [4.69, 9.17) is 11.2 Å². The summed E-state index contributed by atoms with van der Waals surface area (Å²) >= 11 is 0. The summed E-state index contributed by atoms with van der Waals surface area (Å²) in [5.41, 5.74) is -0.418. The van der Waals surface area contributed by atoms with E-state index >= 15 is 0 Å². The molecule has 1 heterocycles. The highest BCUT2D eigenvalue weighted by Gasteiger charge is 2.32. The molecule has 0 aromatic rings. The first-order valence-electron chi connectivity index (χ1n) is 5.57. The van der Waals surface area contributed by atoms with Gasteiger partial charge in [0, 0.05) is 32.1 Å². The summed E-state index contributed by atoms with van der Waals surface area (Å²) in [5.74, 6) is 2.57. The molecule has 0 aromatic carbocycles.